The molecule has 0 radical (unpaired) electrons. The molecule has 3 aromatic heterocycles. The third-order valence-electron chi connectivity index (χ3n) is 2.78. The third-order valence-corrected chi connectivity index (χ3v) is 2.78. The Labute approximate surface area is 112 Å². The van der Waals surface area contributed by atoms with Gasteiger partial charge in [0.25, 0.3) is 5.56 Å². The van der Waals surface area contributed by atoms with Gasteiger partial charge in [-0.05, 0) is 12.1 Å². The second-order valence-corrected chi connectivity index (χ2v) is 4.07. The van der Waals surface area contributed by atoms with Crippen molar-refractivity contribution >= 4 is 11.7 Å². The minimum Gasteiger partial charge on any atom is -0.477 e. The predicted molar refractivity (Wildman–Crippen MR) is 67.5 cm³/mol. The molecular weight excluding hydrogens is 262 g/mol. The van der Waals surface area contributed by atoms with Crippen molar-refractivity contribution in [2.24, 2.45) is 0 Å². The molecule has 8 nitrogen and oxygen atoms in total. The normalized spacial score (nSPS) is 10.8. The van der Waals surface area contributed by atoms with Crippen LogP contribution in [0, 0.1) is 0 Å². The van der Waals surface area contributed by atoms with E-state index in [0.717, 1.165) is 10.2 Å². The maximum Gasteiger partial charge on any atom is 0.342 e. The maximum absolute atomic E-state index is 11.9. The molecule has 100 valence electrons. The van der Waals surface area contributed by atoms with Gasteiger partial charge in [0.2, 0.25) is 5.78 Å². The Kier molecular flexibility index (Phi) is 2.75. The quantitative estimate of drug-likeness (QED) is 0.721. The van der Waals surface area contributed by atoms with E-state index in [1.807, 2.05) is 6.07 Å². The standard InChI is InChI=1S/C12H9N5O3/c18-10-9(11(19)20)6-16(12-14-7-15-17(10)12)5-8-3-1-2-4-13-8/h1-4,6-7H,5H2,(H,19,20). The second-order valence-electron chi connectivity index (χ2n) is 4.07. The number of carboxylic acids is 1. The van der Waals surface area contributed by atoms with Crippen LogP contribution < -0.4 is 5.56 Å². The van der Waals surface area contributed by atoms with Gasteiger partial charge < -0.3 is 9.67 Å². The van der Waals surface area contributed by atoms with Gasteiger partial charge in [0.05, 0.1) is 12.2 Å². The Hall–Kier alpha value is -3.03. The molecular formula is C12H9N5O3. The smallest absolute Gasteiger partial charge is 0.342 e. The lowest BCUT2D eigenvalue weighted by molar-refractivity contribution is 0.0693. The summed E-state index contributed by atoms with van der Waals surface area (Å²) in [5.41, 5.74) is -0.349. The summed E-state index contributed by atoms with van der Waals surface area (Å²) in [6.07, 6.45) is 4.09. The molecule has 8 heteroatoms. The predicted octanol–water partition coefficient (Wildman–Crippen LogP) is 0.0325. The Morgan fingerprint density at radius 2 is 2.15 bits per heavy atom. The van der Waals surface area contributed by atoms with E-state index in [-0.39, 0.29) is 11.3 Å². The van der Waals surface area contributed by atoms with Crippen LogP contribution in [0.5, 0.6) is 0 Å². The molecule has 0 saturated carbocycles. The zero-order valence-electron chi connectivity index (χ0n) is 10.2. The van der Waals surface area contributed by atoms with Crippen LogP contribution in [0.2, 0.25) is 0 Å². The van der Waals surface area contributed by atoms with Crippen LogP contribution in [0.15, 0.2) is 41.7 Å². The molecule has 0 amide bonds. The summed E-state index contributed by atoms with van der Waals surface area (Å²) in [5.74, 6) is -1.03. The lowest BCUT2D eigenvalue weighted by Gasteiger charge is -2.08. The number of carboxylic acid groups (broad SMARTS) is 1. The van der Waals surface area contributed by atoms with Gasteiger partial charge in [-0.1, -0.05) is 6.07 Å². The van der Waals surface area contributed by atoms with Crippen LogP contribution in [0.25, 0.3) is 5.78 Å². The van der Waals surface area contributed by atoms with Crippen molar-refractivity contribution in [3.8, 4) is 0 Å². The largest absolute Gasteiger partial charge is 0.477 e. The number of fused-ring (bicyclic) bond motifs is 1. The molecule has 0 bridgehead atoms. The molecule has 0 aliphatic rings. The van der Waals surface area contributed by atoms with Crippen molar-refractivity contribution in [3.05, 3.63) is 58.5 Å². The first-order chi connectivity index (χ1) is 9.66. The molecule has 0 atom stereocenters. The van der Waals surface area contributed by atoms with E-state index < -0.39 is 11.5 Å². The summed E-state index contributed by atoms with van der Waals surface area (Å²) in [6, 6.07) is 5.40. The first-order valence-electron chi connectivity index (χ1n) is 5.73. The van der Waals surface area contributed by atoms with Gasteiger partial charge in [-0.3, -0.25) is 9.78 Å². The van der Waals surface area contributed by atoms with Crippen molar-refractivity contribution in [1.29, 1.82) is 0 Å². The fourth-order valence-corrected chi connectivity index (χ4v) is 1.89. The SMILES string of the molecule is O=C(O)c1cn(Cc2ccccn2)c2ncnn2c1=O. The summed E-state index contributed by atoms with van der Waals surface area (Å²) in [4.78, 5) is 31.1. The molecule has 3 heterocycles. The molecule has 0 saturated heterocycles. The second kappa shape index (κ2) is 4.57. The molecule has 0 spiro atoms. The summed E-state index contributed by atoms with van der Waals surface area (Å²) in [6.45, 7) is 0.295. The number of hydrogen-bond donors (Lipinski definition) is 1. The van der Waals surface area contributed by atoms with E-state index >= 15 is 0 Å². The molecule has 3 rings (SSSR count). The highest BCUT2D eigenvalue weighted by Crippen LogP contribution is 2.04. The average molecular weight is 271 g/mol. The van der Waals surface area contributed by atoms with Crippen LogP contribution in [-0.4, -0.2) is 35.2 Å². The van der Waals surface area contributed by atoms with Crippen LogP contribution in [0.4, 0.5) is 0 Å². The van der Waals surface area contributed by atoms with Crippen molar-refractivity contribution in [3.63, 3.8) is 0 Å². The highest BCUT2D eigenvalue weighted by Gasteiger charge is 2.16. The lowest BCUT2D eigenvalue weighted by atomic mass is 10.3. The molecule has 0 unspecified atom stereocenters. The number of rotatable bonds is 3. The van der Waals surface area contributed by atoms with Gasteiger partial charge >= 0.3 is 5.97 Å². The Morgan fingerprint density at radius 3 is 2.85 bits per heavy atom. The van der Waals surface area contributed by atoms with E-state index in [0.29, 0.717) is 6.54 Å². The van der Waals surface area contributed by atoms with Gasteiger partial charge in [0, 0.05) is 12.4 Å². The van der Waals surface area contributed by atoms with Gasteiger partial charge in [-0.25, -0.2) is 4.79 Å². The molecule has 0 aliphatic heterocycles. The van der Waals surface area contributed by atoms with Crippen molar-refractivity contribution in [1.82, 2.24) is 24.1 Å². The lowest BCUT2D eigenvalue weighted by Crippen LogP contribution is -2.26. The summed E-state index contributed by atoms with van der Waals surface area (Å²) in [5, 5.41) is 12.8. The fraction of sp³-hybridized carbons (Fsp3) is 0.0833. The number of pyridine rings is 1. The van der Waals surface area contributed by atoms with E-state index in [2.05, 4.69) is 15.1 Å². The van der Waals surface area contributed by atoms with Crippen molar-refractivity contribution in [2.75, 3.05) is 0 Å². The molecule has 3 aromatic rings. The average Bonchev–Trinajstić information content (AvgIpc) is 2.93. The van der Waals surface area contributed by atoms with Crippen LogP contribution >= 0.6 is 0 Å². The molecule has 0 aromatic carbocycles. The zero-order valence-corrected chi connectivity index (χ0v) is 10.2. The molecule has 0 fully saturated rings. The highest BCUT2D eigenvalue weighted by molar-refractivity contribution is 5.86. The Bertz CT molecular complexity index is 837. The minimum atomic E-state index is -1.30. The Morgan fingerprint density at radius 1 is 1.30 bits per heavy atom. The topological polar surface area (TPSA) is 102 Å². The summed E-state index contributed by atoms with van der Waals surface area (Å²) in [7, 11) is 0. The molecule has 1 N–H and O–H groups in total. The van der Waals surface area contributed by atoms with Crippen LogP contribution in [0.1, 0.15) is 16.1 Å². The fourth-order valence-electron chi connectivity index (χ4n) is 1.89. The number of carbonyl (C=O) groups is 1. The van der Waals surface area contributed by atoms with E-state index in [4.69, 9.17) is 5.11 Å². The number of aromatic nitrogens is 5. The van der Waals surface area contributed by atoms with Gasteiger partial charge in [0.1, 0.15) is 11.9 Å². The van der Waals surface area contributed by atoms with E-state index in [1.165, 1.54) is 17.1 Å². The zero-order chi connectivity index (χ0) is 14.1. The maximum atomic E-state index is 11.9. The monoisotopic (exact) mass is 271 g/mol. The molecule has 0 aliphatic carbocycles. The summed E-state index contributed by atoms with van der Waals surface area (Å²) < 4.78 is 2.49. The van der Waals surface area contributed by atoms with Crippen molar-refractivity contribution in [2.45, 2.75) is 6.54 Å². The van der Waals surface area contributed by atoms with Gasteiger partial charge in [0.15, 0.2) is 0 Å². The number of nitrogens with zero attached hydrogens (tertiary/aromatic N) is 5. The van der Waals surface area contributed by atoms with Crippen LogP contribution in [0.3, 0.4) is 0 Å². The molecule has 20 heavy (non-hydrogen) atoms. The first-order valence-corrected chi connectivity index (χ1v) is 5.73. The van der Waals surface area contributed by atoms with Crippen molar-refractivity contribution < 1.29 is 9.90 Å². The van der Waals surface area contributed by atoms with E-state index in [1.54, 1.807) is 18.3 Å². The van der Waals surface area contributed by atoms with Gasteiger partial charge in [-0.2, -0.15) is 14.6 Å². The third kappa shape index (κ3) is 1.92. The van der Waals surface area contributed by atoms with E-state index in [9.17, 15) is 9.59 Å². The first kappa shape index (κ1) is 12.0. The summed E-state index contributed by atoms with van der Waals surface area (Å²) >= 11 is 0. The van der Waals surface area contributed by atoms with Crippen LogP contribution in [-0.2, 0) is 6.54 Å². The number of aromatic carboxylic acids is 1. The number of hydrogen-bond acceptors (Lipinski definition) is 5. The Balaban J connectivity index is 2.20. The highest BCUT2D eigenvalue weighted by atomic mass is 16.4. The van der Waals surface area contributed by atoms with Gasteiger partial charge in [-0.15, -0.1) is 0 Å². The minimum absolute atomic E-state index is 0.269.